The van der Waals surface area contributed by atoms with Gasteiger partial charge in [0, 0.05) is 0 Å². The Hall–Kier alpha value is -0.570. The van der Waals surface area contributed by atoms with Gasteiger partial charge in [-0.2, -0.15) is 4.99 Å². The Morgan fingerprint density at radius 1 is 1.80 bits per heavy atom. The van der Waals surface area contributed by atoms with Crippen LogP contribution in [-0.4, -0.2) is 13.1 Å². The molecule has 1 rings (SSSR count). The van der Waals surface area contributed by atoms with E-state index in [2.05, 4.69) is 14.8 Å². The molecule has 0 atom stereocenters. The second-order valence-electron chi connectivity index (χ2n) is 0.680. The summed E-state index contributed by atoms with van der Waals surface area (Å²) in [5, 5.41) is 0. The van der Waals surface area contributed by atoms with Crippen molar-refractivity contribution in [1.82, 2.24) is 0 Å². The van der Waals surface area contributed by atoms with E-state index in [4.69, 9.17) is 0 Å². The fraction of sp³-hybridized carbons (Fsp3) is 0.500. The molecule has 1 aliphatic heterocycles. The summed E-state index contributed by atoms with van der Waals surface area (Å²) in [5.41, 5.74) is 0. The van der Waals surface area contributed by atoms with E-state index in [1.807, 2.05) is 0 Å². The minimum absolute atomic E-state index is 0.472. The van der Waals surface area contributed by atoms with Gasteiger partial charge in [0.15, 0.2) is 0 Å². The lowest BCUT2D eigenvalue weighted by atomic mass is 11.3. The Kier molecular flexibility index (Phi) is 0.548. The zero-order valence-electron chi connectivity index (χ0n) is 2.60. The summed E-state index contributed by atoms with van der Waals surface area (Å²) in [4.78, 5) is 11.1. The van der Waals surface area contributed by atoms with Gasteiger partial charge in [-0.1, -0.05) is 0 Å². The molecule has 0 bridgehead atoms. The zero-order chi connectivity index (χ0) is 3.54. The first-order valence-corrected chi connectivity index (χ1v) is 1.33. The Bertz CT molecular complexity index is 45.6. The maximum Gasteiger partial charge on any atom is 0.358 e. The highest BCUT2D eigenvalue weighted by Gasteiger charge is 1.92. The molecule has 5 heavy (non-hydrogen) atoms. The molecule has 0 saturated carbocycles. The SMILES string of the molecule is C1=[NH+]COO1. The van der Waals surface area contributed by atoms with Crippen molar-refractivity contribution in [2.24, 2.45) is 0 Å². The van der Waals surface area contributed by atoms with Gasteiger partial charge in [0.1, 0.15) is 0 Å². The standard InChI is InChI=1S/C2H3NO2/c1-3-2-5-4-1/h1H,2H2/p+1. The van der Waals surface area contributed by atoms with Gasteiger partial charge in [-0.25, -0.2) is 0 Å². The topological polar surface area (TPSA) is 32.4 Å². The van der Waals surface area contributed by atoms with Crippen molar-refractivity contribution in [3.8, 4) is 0 Å². The van der Waals surface area contributed by atoms with Gasteiger partial charge in [0.05, 0.1) is 0 Å². The molecular formula is C2H4NO2+. The highest BCUT2D eigenvalue weighted by molar-refractivity contribution is 5.36. The lowest BCUT2D eigenvalue weighted by Crippen LogP contribution is -2.65. The van der Waals surface area contributed by atoms with Crippen molar-refractivity contribution in [2.75, 3.05) is 6.73 Å². The van der Waals surface area contributed by atoms with Crippen molar-refractivity contribution in [3.05, 3.63) is 0 Å². The predicted octanol–water partition coefficient (Wildman–Crippen LogP) is -1.99. The van der Waals surface area contributed by atoms with E-state index in [0.29, 0.717) is 6.73 Å². The summed E-state index contributed by atoms with van der Waals surface area (Å²) in [7, 11) is 0. The largest absolute Gasteiger partial charge is 0.358 e. The van der Waals surface area contributed by atoms with Gasteiger partial charge < -0.3 is 0 Å². The number of nitrogens with one attached hydrogen (secondary N) is 1. The van der Waals surface area contributed by atoms with Crippen LogP contribution in [0.25, 0.3) is 0 Å². The van der Waals surface area contributed by atoms with Crippen molar-refractivity contribution in [1.29, 1.82) is 0 Å². The monoisotopic (exact) mass is 74.0 g/mol. The van der Waals surface area contributed by atoms with Gasteiger partial charge >= 0.3 is 6.40 Å². The molecule has 0 aromatic heterocycles. The Balaban J connectivity index is 2.32. The quantitative estimate of drug-likeness (QED) is 0.337. The van der Waals surface area contributed by atoms with Crippen LogP contribution in [0.3, 0.4) is 0 Å². The van der Waals surface area contributed by atoms with E-state index in [0.717, 1.165) is 0 Å². The van der Waals surface area contributed by atoms with E-state index in [9.17, 15) is 0 Å². The molecular weight excluding hydrogens is 70.0 g/mol. The molecule has 1 aliphatic rings. The van der Waals surface area contributed by atoms with Crippen LogP contribution in [0.15, 0.2) is 0 Å². The van der Waals surface area contributed by atoms with Crippen LogP contribution in [0.2, 0.25) is 0 Å². The molecule has 0 aliphatic carbocycles. The van der Waals surface area contributed by atoms with Crippen LogP contribution >= 0.6 is 0 Å². The molecule has 0 saturated heterocycles. The summed E-state index contributed by atoms with van der Waals surface area (Å²) in [6, 6.07) is 0. The van der Waals surface area contributed by atoms with Gasteiger partial charge in [0.2, 0.25) is 0 Å². The third-order valence-corrected chi connectivity index (χ3v) is 0.342. The first kappa shape index (κ1) is 2.66. The van der Waals surface area contributed by atoms with Gasteiger partial charge in [-0.05, 0) is 0 Å². The molecule has 0 aromatic carbocycles. The molecule has 3 heteroatoms. The van der Waals surface area contributed by atoms with Crippen LogP contribution < -0.4 is 4.99 Å². The predicted molar refractivity (Wildman–Crippen MR) is 14.1 cm³/mol. The van der Waals surface area contributed by atoms with Crippen LogP contribution in [0.4, 0.5) is 0 Å². The normalized spacial score (nSPS) is 19.2. The third-order valence-electron chi connectivity index (χ3n) is 0.342. The number of hydrogen-bond acceptors (Lipinski definition) is 2. The minimum Gasteiger partial charge on any atom is -0.273 e. The highest BCUT2D eigenvalue weighted by Crippen LogP contribution is 1.62. The van der Waals surface area contributed by atoms with Gasteiger partial charge in [-0.15, -0.1) is 4.89 Å². The molecule has 3 nitrogen and oxygen atoms in total. The molecule has 1 N–H and O–H groups in total. The van der Waals surface area contributed by atoms with Crippen molar-refractivity contribution in [3.63, 3.8) is 0 Å². The maximum atomic E-state index is 4.28. The summed E-state index contributed by atoms with van der Waals surface area (Å²) >= 11 is 0. The summed E-state index contributed by atoms with van der Waals surface area (Å²) in [6.45, 7) is 0.472. The zero-order valence-corrected chi connectivity index (χ0v) is 2.60. The lowest BCUT2D eigenvalue weighted by molar-refractivity contribution is -0.494. The Labute approximate surface area is 29.2 Å². The summed E-state index contributed by atoms with van der Waals surface area (Å²) in [5.74, 6) is 0. The molecule has 0 radical (unpaired) electrons. The van der Waals surface area contributed by atoms with E-state index in [-0.39, 0.29) is 0 Å². The first-order chi connectivity index (χ1) is 2.50. The summed E-state index contributed by atoms with van der Waals surface area (Å²) < 4.78 is 0. The Morgan fingerprint density at radius 3 is 3.00 bits per heavy atom. The molecule has 0 spiro atoms. The number of hydrogen-bond donors (Lipinski definition) is 1. The highest BCUT2D eigenvalue weighted by atomic mass is 17.2. The van der Waals surface area contributed by atoms with E-state index in [1.165, 1.54) is 6.40 Å². The van der Waals surface area contributed by atoms with E-state index >= 15 is 0 Å². The third kappa shape index (κ3) is 0.357. The maximum absolute atomic E-state index is 4.28. The van der Waals surface area contributed by atoms with E-state index in [1.54, 1.807) is 0 Å². The van der Waals surface area contributed by atoms with E-state index < -0.39 is 0 Å². The lowest BCUT2D eigenvalue weighted by Gasteiger charge is -1.70. The number of rotatable bonds is 0. The van der Waals surface area contributed by atoms with Crippen LogP contribution in [0.1, 0.15) is 0 Å². The fourth-order valence-electron chi connectivity index (χ4n) is 0.170. The molecule has 0 amide bonds. The van der Waals surface area contributed by atoms with Crippen molar-refractivity contribution >= 4 is 6.40 Å². The summed E-state index contributed by atoms with van der Waals surface area (Å²) in [6.07, 6.45) is 1.39. The van der Waals surface area contributed by atoms with Gasteiger partial charge in [-0.3, -0.25) is 4.89 Å². The van der Waals surface area contributed by atoms with Crippen LogP contribution in [0.5, 0.6) is 0 Å². The van der Waals surface area contributed by atoms with Crippen molar-refractivity contribution in [2.45, 2.75) is 0 Å². The second kappa shape index (κ2) is 1.03. The van der Waals surface area contributed by atoms with Gasteiger partial charge in [0.25, 0.3) is 6.73 Å². The molecule has 0 aromatic rings. The average molecular weight is 74.1 g/mol. The smallest absolute Gasteiger partial charge is 0.273 e. The average Bonchev–Trinajstić information content (AvgIpc) is 1.76. The second-order valence-corrected chi connectivity index (χ2v) is 0.680. The first-order valence-electron chi connectivity index (χ1n) is 1.33. The van der Waals surface area contributed by atoms with Crippen LogP contribution in [0, 0.1) is 0 Å². The molecule has 0 unspecified atom stereocenters. The fourth-order valence-corrected chi connectivity index (χ4v) is 0.170. The Morgan fingerprint density at radius 2 is 2.80 bits per heavy atom. The van der Waals surface area contributed by atoms with Crippen LogP contribution in [-0.2, 0) is 9.78 Å². The van der Waals surface area contributed by atoms with Crippen molar-refractivity contribution < 1.29 is 14.8 Å². The molecule has 0 fully saturated rings. The molecule has 28 valence electrons. The molecule has 1 heterocycles. The minimum atomic E-state index is 0.472.